The molecule has 2 aromatic carbocycles. The molecular weight excluding hydrogens is 440 g/mol. The number of ether oxygens (including phenoxy) is 2. The number of methoxy groups -OCH3 is 2. The predicted octanol–water partition coefficient (Wildman–Crippen LogP) is 6.25. The van der Waals surface area contributed by atoms with E-state index in [1.165, 1.54) is 35.1 Å². The standard InChI is InChI=1S/C25H27BrN2O2/c1-17-14-23(27-25(26)24(17)20-8-9-20)28(15-18-4-10-21(29-2)11-5-18)16-19-6-12-22(30-3)13-7-19/h4-7,10-14,20H,8-9,15-16H2,1-3H3. The zero-order chi connectivity index (χ0) is 21.1. The summed E-state index contributed by atoms with van der Waals surface area (Å²) < 4.78 is 11.6. The minimum Gasteiger partial charge on any atom is -0.497 e. The lowest BCUT2D eigenvalue weighted by molar-refractivity contribution is 0.414. The van der Waals surface area contributed by atoms with Crippen LogP contribution in [0.4, 0.5) is 5.82 Å². The van der Waals surface area contributed by atoms with Crippen molar-refractivity contribution in [3.05, 3.63) is 81.5 Å². The van der Waals surface area contributed by atoms with Crippen molar-refractivity contribution in [2.45, 2.75) is 38.8 Å². The van der Waals surface area contributed by atoms with Crippen LogP contribution in [-0.4, -0.2) is 19.2 Å². The molecule has 0 atom stereocenters. The first-order valence-corrected chi connectivity index (χ1v) is 11.0. The third kappa shape index (κ3) is 4.78. The largest absolute Gasteiger partial charge is 0.497 e. The summed E-state index contributed by atoms with van der Waals surface area (Å²) in [6.07, 6.45) is 2.53. The third-order valence-corrected chi connectivity index (χ3v) is 6.18. The van der Waals surface area contributed by atoms with E-state index < -0.39 is 0 Å². The molecule has 0 bridgehead atoms. The van der Waals surface area contributed by atoms with Crippen LogP contribution in [0.25, 0.3) is 0 Å². The fourth-order valence-electron chi connectivity index (χ4n) is 3.77. The summed E-state index contributed by atoms with van der Waals surface area (Å²) in [6, 6.07) is 18.7. The highest BCUT2D eigenvalue weighted by molar-refractivity contribution is 9.10. The van der Waals surface area contributed by atoms with Crippen molar-refractivity contribution >= 4 is 21.7 Å². The summed E-state index contributed by atoms with van der Waals surface area (Å²) in [6.45, 7) is 3.72. The number of anilines is 1. The van der Waals surface area contributed by atoms with Gasteiger partial charge in [-0.3, -0.25) is 0 Å². The molecule has 0 aliphatic heterocycles. The predicted molar refractivity (Wildman–Crippen MR) is 125 cm³/mol. The fraction of sp³-hybridized carbons (Fsp3) is 0.320. The highest BCUT2D eigenvalue weighted by atomic mass is 79.9. The van der Waals surface area contributed by atoms with Crippen LogP contribution in [0.3, 0.4) is 0 Å². The maximum absolute atomic E-state index is 5.31. The van der Waals surface area contributed by atoms with Crippen LogP contribution in [0.5, 0.6) is 11.5 Å². The molecule has 1 heterocycles. The summed E-state index contributed by atoms with van der Waals surface area (Å²) in [5, 5.41) is 0. The normalized spacial score (nSPS) is 13.2. The maximum atomic E-state index is 5.31. The zero-order valence-electron chi connectivity index (χ0n) is 17.7. The van der Waals surface area contributed by atoms with Crippen molar-refractivity contribution in [2.24, 2.45) is 0 Å². The van der Waals surface area contributed by atoms with Gasteiger partial charge in [-0.25, -0.2) is 4.98 Å². The Bertz CT molecular complexity index is 926. The smallest absolute Gasteiger partial charge is 0.130 e. The summed E-state index contributed by atoms with van der Waals surface area (Å²) in [7, 11) is 3.38. The lowest BCUT2D eigenvalue weighted by atomic mass is 10.1. The van der Waals surface area contributed by atoms with E-state index in [-0.39, 0.29) is 0 Å². The van der Waals surface area contributed by atoms with Crippen molar-refractivity contribution < 1.29 is 9.47 Å². The number of halogens is 1. The number of aromatic nitrogens is 1. The van der Waals surface area contributed by atoms with Gasteiger partial charge < -0.3 is 14.4 Å². The van der Waals surface area contributed by atoms with Gasteiger partial charge in [0.25, 0.3) is 0 Å². The van der Waals surface area contributed by atoms with Crippen LogP contribution >= 0.6 is 15.9 Å². The number of rotatable bonds is 8. The topological polar surface area (TPSA) is 34.6 Å². The third-order valence-electron chi connectivity index (χ3n) is 5.58. The monoisotopic (exact) mass is 466 g/mol. The lowest BCUT2D eigenvalue weighted by Crippen LogP contribution is -2.23. The quantitative estimate of drug-likeness (QED) is 0.367. The van der Waals surface area contributed by atoms with Gasteiger partial charge in [0.2, 0.25) is 0 Å². The van der Waals surface area contributed by atoms with Gasteiger partial charge in [0.15, 0.2) is 0 Å². The van der Waals surface area contributed by atoms with Crippen LogP contribution in [0.2, 0.25) is 0 Å². The first kappa shape index (κ1) is 20.7. The second-order valence-corrected chi connectivity index (χ2v) is 8.58. The molecule has 4 rings (SSSR count). The number of nitrogens with zero attached hydrogens (tertiary/aromatic N) is 2. The Labute approximate surface area is 187 Å². The number of hydrogen-bond donors (Lipinski definition) is 0. The van der Waals surface area contributed by atoms with E-state index in [1.54, 1.807) is 14.2 Å². The van der Waals surface area contributed by atoms with Crippen LogP contribution in [0.1, 0.15) is 41.0 Å². The average Bonchev–Trinajstić information content (AvgIpc) is 3.59. The second kappa shape index (κ2) is 9.09. The Morgan fingerprint density at radius 3 is 1.80 bits per heavy atom. The Hall–Kier alpha value is -2.53. The molecule has 0 radical (unpaired) electrons. The van der Waals surface area contributed by atoms with E-state index in [0.717, 1.165) is 35.0 Å². The van der Waals surface area contributed by atoms with Gasteiger partial charge in [-0.1, -0.05) is 24.3 Å². The van der Waals surface area contributed by atoms with Crippen molar-refractivity contribution in [3.63, 3.8) is 0 Å². The fourth-order valence-corrected chi connectivity index (χ4v) is 4.59. The molecule has 3 aromatic rings. The van der Waals surface area contributed by atoms with Crippen molar-refractivity contribution in [1.29, 1.82) is 0 Å². The number of pyridine rings is 1. The molecule has 30 heavy (non-hydrogen) atoms. The molecule has 1 saturated carbocycles. The molecule has 0 N–H and O–H groups in total. The van der Waals surface area contributed by atoms with E-state index in [4.69, 9.17) is 14.5 Å². The van der Waals surface area contributed by atoms with E-state index in [2.05, 4.69) is 58.1 Å². The maximum Gasteiger partial charge on any atom is 0.130 e. The van der Waals surface area contributed by atoms with Gasteiger partial charge in [-0.2, -0.15) is 0 Å². The molecule has 5 heteroatoms. The highest BCUT2D eigenvalue weighted by Gasteiger charge is 2.28. The summed E-state index contributed by atoms with van der Waals surface area (Å²) in [4.78, 5) is 7.27. The van der Waals surface area contributed by atoms with E-state index in [9.17, 15) is 0 Å². The van der Waals surface area contributed by atoms with Gasteiger partial charge in [-0.15, -0.1) is 0 Å². The van der Waals surface area contributed by atoms with Crippen molar-refractivity contribution in [3.8, 4) is 11.5 Å². The Morgan fingerprint density at radius 1 is 0.900 bits per heavy atom. The molecule has 4 nitrogen and oxygen atoms in total. The van der Waals surface area contributed by atoms with Gasteiger partial charge in [0, 0.05) is 13.1 Å². The first-order valence-electron chi connectivity index (χ1n) is 10.2. The lowest BCUT2D eigenvalue weighted by Gasteiger charge is -2.26. The summed E-state index contributed by atoms with van der Waals surface area (Å²) >= 11 is 3.74. The molecule has 1 fully saturated rings. The molecule has 1 aromatic heterocycles. The summed E-state index contributed by atoms with van der Waals surface area (Å²) in [5.74, 6) is 3.38. The van der Waals surface area contributed by atoms with Crippen molar-refractivity contribution in [1.82, 2.24) is 4.98 Å². The van der Waals surface area contributed by atoms with Crippen LogP contribution in [-0.2, 0) is 13.1 Å². The van der Waals surface area contributed by atoms with E-state index >= 15 is 0 Å². The minimum absolute atomic E-state index is 0.664. The second-order valence-electron chi connectivity index (χ2n) is 7.83. The van der Waals surface area contributed by atoms with Gasteiger partial charge >= 0.3 is 0 Å². The van der Waals surface area contributed by atoms with Gasteiger partial charge in [0.05, 0.1) is 14.2 Å². The zero-order valence-corrected chi connectivity index (χ0v) is 19.3. The minimum atomic E-state index is 0.664. The molecule has 1 aliphatic carbocycles. The Morgan fingerprint density at radius 2 is 1.40 bits per heavy atom. The highest BCUT2D eigenvalue weighted by Crippen LogP contribution is 2.45. The van der Waals surface area contributed by atoms with Crippen LogP contribution in [0, 0.1) is 6.92 Å². The molecule has 0 unspecified atom stereocenters. The van der Waals surface area contributed by atoms with Crippen LogP contribution in [0.15, 0.2) is 59.2 Å². The van der Waals surface area contributed by atoms with Gasteiger partial charge in [0.1, 0.15) is 21.9 Å². The molecular formula is C25H27BrN2O2. The SMILES string of the molecule is COc1ccc(CN(Cc2ccc(OC)cc2)c2cc(C)c(C3CC3)c(Br)n2)cc1. The average molecular weight is 467 g/mol. The van der Waals surface area contributed by atoms with Crippen molar-refractivity contribution in [2.75, 3.05) is 19.1 Å². The molecule has 156 valence electrons. The number of benzene rings is 2. The number of aryl methyl sites for hydroxylation is 1. The van der Waals surface area contributed by atoms with Gasteiger partial charge in [-0.05, 0) is 94.2 Å². The Kier molecular flexibility index (Phi) is 6.28. The molecule has 1 aliphatic rings. The first-order chi connectivity index (χ1) is 14.6. The molecule has 0 spiro atoms. The molecule has 0 saturated heterocycles. The van der Waals surface area contributed by atoms with Crippen LogP contribution < -0.4 is 14.4 Å². The van der Waals surface area contributed by atoms with E-state index in [0.29, 0.717) is 5.92 Å². The van der Waals surface area contributed by atoms with E-state index in [1.807, 2.05) is 24.3 Å². The summed E-state index contributed by atoms with van der Waals surface area (Å²) in [5.41, 5.74) is 5.11. The number of hydrogen-bond acceptors (Lipinski definition) is 4. The molecule has 0 amide bonds. The Balaban J connectivity index is 1.64.